The molecule has 4 aromatic rings. The molecule has 0 aliphatic carbocycles. The summed E-state index contributed by atoms with van der Waals surface area (Å²) in [6.07, 6.45) is 12.3. The van der Waals surface area contributed by atoms with E-state index in [2.05, 4.69) is 49.2 Å². The predicted molar refractivity (Wildman–Crippen MR) is 107 cm³/mol. The summed E-state index contributed by atoms with van der Waals surface area (Å²) < 4.78 is 9.44. The Morgan fingerprint density at radius 1 is 1.07 bits per heavy atom. The molecule has 0 radical (unpaired) electrons. The standard InChI is InChI=1S/C21H24N6O/c1-3-18-17(15-26-12-11-24-21(26)20-22-9-5-10-23-20)25-19-8-7-16(14-27(18)19)6-4-13-28-2/h5,7-12,14H,3-4,6,13,15H2,1-2H3. The van der Waals surface area contributed by atoms with Crippen LogP contribution in [-0.2, 0) is 24.1 Å². The van der Waals surface area contributed by atoms with Crippen molar-refractivity contribution >= 4 is 5.65 Å². The maximum atomic E-state index is 5.17. The Kier molecular flexibility index (Phi) is 5.43. The van der Waals surface area contributed by atoms with Crippen molar-refractivity contribution < 1.29 is 4.74 Å². The number of nitrogens with zero attached hydrogens (tertiary/aromatic N) is 6. The fourth-order valence-electron chi connectivity index (χ4n) is 3.47. The van der Waals surface area contributed by atoms with Crippen LogP contribution in [0.2, 0.25) is 0 Å². The van der Waals surface area contributed by atoms with Crippen molar-refractivity contribution in [2.24, 2.45) is 0 Å². The van der Waals surface area contributed by atoms with E-state index in [1.165, 1.54) is 11.3 Å². The van der Waals surface area contributed by atoms with Crippen LogP contribution in [-0.4, -0.2) is 42.6 Å². The Hall–Kier alpha value is -3.06. The molecule has 0 N–H and O–H groups in total. The predicted octanol–water partition coefficient (Wildman–Crippen LogP) is 3.18. The monoisotopic (exact) mass is 376 g/mol. The number of methoxy groups -OCH3 is 1. The van der Waals surface area contributed by atoms with E-state index >= 15 is 0 Å². The molecule has 28 heavy (non-hydrogen) atoms. The van der Waals surface area contributed by atoms with E-state index in [-0.39, 0.29) is 0 Å². The highest BCUT2D eigenvalue weighted by atomic mass is 16.5. The number of imidazole rings is 2. The first-order valence-corrected chi connectivity index (χ1v) is 9.56. The molecule has 4 heterocycles. The number of fused-ring (bicyclic) bond motifs is 1. The van der Waals surface area contributed by atoms with Gasteiger partial charge in [-0.1, -0.05) is 13.0 Å². The minimum atomic E-state index is 0.620. The number of hydrogen-bond acceptors (Lipinski definition) is 5. The highest BCUT2D eigenvalue weighted by molar-refractivity contribution is 5.46. The van der Waals surface area contributed by atoms with Crippen molar-refractivity contribution in [1.29, 1.82) is 0 Å². The lowest BCUT2D eigenvalue weighted by Gasteiger charge is -2.07. The highest BCUT2D eigenvalue weighted by Crippen LogP contribution is 2.19. The van der Waals surface area contributed by atoms with Gasteiger partial charge in [-0.05, 0) is 37.0 Å². The average Bonchev–Trinajstić information content (AvgIpc) is 3.32. The number of aromatic nitrogens is 6. The van der Waals surface area contributed by atoms with Gasteiger partial charge in [-0.15, -0.1) is 0 Å². The number of ether oxygens (including phenoxy) is 1. The first-order valence-electron chi connectivity index (χ1n) is 9.56. The summed E-state index contributed by atoms with van der Waals surface area (Å²) in [6, 6.07) is 6.06. The normalized spacial score (nSPS) is 11.4. The topological polar surface area (TPSA) is 70.1 Å². The van der Waals surface area contributed by atoms with Crippen molar-refractivity contribution in [3.05, 3.63) is 66.1 Å². The minimum Gasteiger partial charge on any atom is -0.385 e. The van der Waals surface area contributed by atoms with Crippen molar-refractivity contribution in [1.82, 2.24) is 28.9 Å². The SMILES string of the molecule is CCc1c(Cn2ccnc2-c2ncccn2)nc2ccc(CCCOC)cn12. The lowest BCUT2D eigenvalue weighted by atomic mass is 10.1. The second-order valence-corrected chi connectivity index (χ2v) is 6.67. The zero-order chi connectivity index (χ0) is 19.3. The molecule has 0 bridgehead atoms. The molecular weight excluding hydrogens is 352 g/mol. The molecule has 0 aliphatic heterocycles. The summed E-state index contributed by atoms with van der Waals surface area (Å²) in [4.78, 5) is 18.0. The molecule has 144 valence electrons. The van der Waals surface area contributed by atoms with E-state index < -0.39 is 0 Å². The highest BCUT2D eigenvalue weighted by Gasteiger charge is 2.15. The Morgan fingerprint density at radius 3 is 2.71 bits per heavy atom. The van der Waals surface area contributed by atoms with Crippen LogP contribution in [0.5, 0.6) is 0 Å². The summed E-state index contributed by atoms with van der Waals surface area (Å²) in [5.41, 5.74) is 4.54. The molecule has 4 aromatic heterocycles. The van der Waals surface area contributed by atoms with Crippen LogP contribution in [0.25, 0.3) is 17.3 Å². The molecule has 0 unspecified atom stereocenters. The summed E-state index contributed by atoms with van der Waals surface area (Å²) in [5.74, 6) is 1.37. The van der Waals surface area contributed by atoms with Crippen LogP contribution in [0, 0.1) is 0 Å². The quantitative estimate of drug-likeness (QED) is 0.442. The van der Waals surface area contributed by atoms with Crippen LogP contribution in [0.1, 0.15) is 30.3 Å². The Labute approximate surface area is 164 Å². The third-order valence-corrected chi connectivity index (χ3v) is 4.81. The van der Waals surface area contributed by atoms with Gasteiger partial charge in [-0.25, -0.2) is 19.9 Å². The average molecular weight is 376 g/mol. The van der Waals surface area contributed by atoms with Crippen LogP contribution >= 0.6 is 0 Å². The number of hydrogen-bond donors (Lipinski definition) is 0. The van der Waals surface area contributed by atoms with Crippen LogP contribution in [0.15, 0.2) is 49.2 Å². The van der Waals surface area contributed by atoms with Gasteiger partial charge in [0.2, 0.25) is 0 Å². The number of aryl methyl sites for hydroxylation is 2. The third kappa shape index (κ3) is 3.66. The van der Waals surface area contributed by atoms with Crippen molar-refractivity contribution in [3.63, 3.8) is 0 Å². The summed E-state index contributed by atoms with van der Waals surface area (Å²) in [5, 5.41) is 0. The van der Waals surface area contributed by atoms with Gasteiger partial charge < -0.3 is 13.7 Å². The van der Waals surface area contributed by atoms with Gasteiger partial charge in [0.1, 0.15) is 5.65 Å². The molecule has 0 spiro atoms. The fraction of sp³-hybridized carbons (Fsp3) is 0.333. The minimum absolute atomic E-state index is 0.620. The maximum Gasteiger partial charge on any atom is 0.195 e. The van der Waals surface area contributed by atoms with Gasteiger partial charge in [0, 0.05) is 50.4 Å². The second-order valence-electron chi connectivity index (χ2n) is 6.67. The van der Waals surface area contributed by atoms with E-state index in [4.69, 9.17) is 9.72 Å². The Balaban J connectivity index is 1.65. The smallest absolute Gasteiger partial charge is 0.195 e. The Bertz CT molecular complexity index is 1050. The van der Waals surface area contributed by atoms with E-state index in [0.29, 0.717) is 12.4 Å². The summed E-state index contributed by atoms with van der Waals surface area (Å²) >= 11 is 0. The zero-order valence-electron chi connectivity index (χ0n) is 16.2. The molecular formula is C21H24N6O. The number of pyridine rings is 1. The molecule has 0 saturated heterocycles. The first-order chi connectivity index (χ1) is 13.8. The molecule has 0 saturated carbocycles. The van der Waals surface area contributed by atoms with Crippen molar-refractivity contribution in [2.75, 3.05) is 13.7 Å². The van der Waals surface area contributed by atoms with Crippen LogP contribution in [0.4, 0.5) is 0 Å². The first kappa shape index (κ1) is 18.3. The van der Waals surface area contributed by atoms with E-state index in [0.717, 1.165) is 43.0 Å². The molecule has 0 aromatic carbocycles. The molecule has 7 nitrogen and oxygen atoms in total. The molecule has 4 rings (SSSR count). The summed E-state index contributed by atoms with van der Waals surface area (Å²) in [6.45, 7) is 3.58. The van der Waals surface area contributed by atoms with Crippen molar-refractivity contribution in [3.8, 4) is 11.6 Å². The lowest BCUT2D eigenvalue weighted by molar-refractivity contribution is 0.195. The molecule has 0 amide bonds. The van der Waals surface area contributed by atoms with Gasteiger partial charge in [-0.3, -0.25) is 0 Å². The second kappa shape index (κ2) is 8.31. The van der Waals surface area contributed by atoms with E-state index in [1.807, 2.05) is 6.20 Å². The zero-order valence-corrected chi connectivity index (χ0v) is 16.2. The molecule has 0 fully saturated rings. The van der Waals surface area contributed by atoms with Crippen molar-refractivity contribution in [2.45, 2.75) is 32.7 Å². The molecule has 7 heteroatoms. The van der Waals surface area contributed by atoms with Crippen LogP contribution < -0.4 is 0 Å². The maximum absolute atomic E-state index is 5.17. The largest absolute Gasteiger partial charge is 0.385 e. The molecule has 0 aliphatic rings. The van der Waals surface area contributed by atoms with E-state index in [1.54, 1.807) is 31.8 Å². The van der Waals surface area contributed by atoms with Crippen LogP contribution in [0.3, 0.4) is 0 Å². The lowest BCUT2D eigenvalue weighted by Crippen LogP contribution is -2.06. The van der Waals surface area contributed by atoms with E-state index in [9.17, 15) is 0 Å². The third-order valence-electron chi connectivity index (χ3n) is 4.81. The Morgan fingerprint density at radius 2 is 1.93 bits per heavy atom. The summed E-state index contributed by atoms with van der Waals surface area (Å²) in [7, 11) is 1.74. The van der Waals surface area contributed by atoms with Gasteiger partial charge in [0.25, 0.3) is 0 Å². The fourth-order valence-corrected chi connectivity index (χ4v) is 3.47. The van der Waals surface area contributed by atoms with Gasteiger partial charge >= 0.3 is 0 Å². The molecule has 0 atom stereocenters. The van der Waals surface area contributed by atoms with Gasteiger partial charge in [0.15, 0.2) is 11.6 Å². The van der Waals surface area contributed by atoms with Gasteiger partial charge in [0.05, 0.1) is 12.2 Å². The number of rotatable bonds is 8. The van der Waals surface area contributed by atoms with Gasteiger partial charge in [-0.2, -0.15) is 0 Å².